The van der Waals surface area contributed by atoms with Crippen LogP contribution in [0.2, 0.25) is 0 Å². The van der Waals surface area contributed by atoms with Gasteiger partial charge in [-0.05, 0) is 13.1 Å². The van der Waals surface area contributed by atoms with Crippen molar-refractivity contribution in [2.75, 3.05) is 47.0 Å². The van der Waals surface area contributed by atoms with E-state index in [1.807, 2.05) is 6.92 Å². The highest BCUT2D eigenvalue weighted by molar-refractivity contribution is 5.76. The number of nitrogens with one attached hydrogen (secondary N) is 1. The Morgan fingerprint density at radius 2 is 1.89 bits per heavy atom. The molecule has 0 aromatic heterocycles. The second kappa shape index (κ2) is 10.3. The molecule has 0 saturated heterocycles. The third kappa shape index (κ3) is 6.33. The fourth-order valence-electron chi connectivity index (χ4n) is 1.92. The summed E-state index contributed by atoms with van der Waals surface area (Å²) in [5.41, 5.74) is 0. The van der Waals surface area contributed by atoms with Crippen molar-refractivity contribution in [1.82, 2.24) is 10.2 Å². The molecule has 0 aliphatic heterocycles. The SMILES string of the molecule is CCN(CC)CCNC(C(=O)OC)C(C)COC. The summed E-state index contributed by atoms with van der Waals surface area (Å²) in [6.45, 7) is 10.5. The molecule has 0 fully saturated rings. The summed E-state index contributed by atoms with van der Waals surface area (Å²) in [5, 5.41) is 3.26. The molecular weight excluding hydrogens is 232 g/mol. The number of methoxy groups -OCH3 is 2. The molecule has 0 aliphatic rings. The van der Waals surface area contributed by atoms with Crippen LogP contribution >= 0.6 is 0 Å². The van der Waals surface area contributed by atoms with E-state index in [1.165, 1.54) is 7.11 Å². The third-order valence-corrected chi connectivity index (χ3v) is 3.14. The van der Waals surface area contributed by atoms with Crippen LogP contribution in [0, 0.1) is 5.92 Å². The Labute approximate surface area is 111 Å². The van der Waals surface area contributed by atoms with Gasteiger partial charge in [0.25, 0.3) is 0 Å². The summed E-state index contributed by atoms with van der Waals surface area (Å²) < 4.78 is 9.91. The van der Waals surface area contributed by atoms with Crippen molar-refractivity contribution in [3.8, 4) is 0 Å². The maximum Gasteiger partial charge on any atom is 0.323 e. The number of carbonyl (C=O) groups excluding carboxylic acids is 1. The Balaban J connectivity index is 4.20. The van der Waals surface area contributed by atoms with E-state index in [-0.39, 0.29) is 17.9 Å². The number of hydrogen-bond donors (Lipinski definition) is 1. The fraction of sp³-hybridized carbons (Fsp3) is 0.923. The van der Waals surface area contributed by atoms with Crippen LogP contribution in [-0.2, 0) is 14.3 Å². The van der Waals surface area contributed by atoms with E-state index in [9.17, 15) is 4.79 Å². The minimum Gasteiger partial charge on any atom is -0.468 e. The Kier molecular flexibility index (Phi) is 9.92. The van der Waals surface area contributed by atoms with E-state index in [0.717, 1.165) is 26.2 Å². The number of esters is 1. The van der Waals surface area contributed by atoms with E-state index in [1.54, 1.807) is 7.11 Å². The predicted octanol–water partition coefficient (Wildman–Crippen LogP) is 0.742. The van der Waals surface area contributed by atoms with Gasteiger partial charge < -0.3 is 19.7 Å². The smallest absolute Gasteiger partial charge is 0.323 e. The molecule has 0 aromatic rings. The minimum absolute atomic E-state index is 0.0964. The van der Waals surface area contributed by atoms with Crippen LogP contribution in [0.25, 0.3) is 0 Å². The Hall–Kier alpha value is -0.650. The first-order valence-electron chi connectivity index (χ1n) is 6.63. The molecule has 1 N–H and O–H groups in total. The molecule has 5 nitrogen and oxygen atoms in total. The number of carbonyl (C=O) groups is 1. The lowest BCUT2D eigenvalue weighted by molar-refractivity contribution is -0.145. The van der Waals surface area contributed by atoms with Gasteiger partial charge in [-0.1, -0.05) is 20.8 Å². The van der Waals surface area contributed by atoms with Crippen LogP contribution in [0.5, 0.6) is 0 Å². The number of ether oxygens (including phenoxy) is 2. The largest absolute Gasteiger partial charge is 0.468 e. The van der Waals surface area contributed by atoms with E-state index in [4.69, 9.17) is 9.47 Å². The molecule has 0 aromatic carbocycles. The molecular formula is C13H28N2O3. The molecule has 0 bridgehead atoms. The zero-order valence-electron chi connectivity index (χ0n) is 12.4. The molecule has 18 heavy (non-hydrogen) atoms. The highest BCUT2D eigenvalue weighted by Crippen LogP contribution is 2.05. The number of hydrogen-bond acceptors (Lipinski definition) is 5. The summed E-state index contributed by atoms with van der Waals surface area (Å²) in [6, 6.07) is -0.300. The summed E-state index contributed by atoms with van der Waals surface area (Å²) in [5.74, 6) is -0.127. The van der Waals surface area contributed by atoms with Crippen LogP contribution in [0.1, 0.15) is 20.8 Å². The van der Waals surface area contributed by atoms with Crippen molar-refractivity contribution in [2.24, 2.45) is 5.92 Å². The van der Waals surface area contributed by atoms with Gasteiger partial charge in [-0.2, -0.15) is 0 Å². The van der Waals surface area contributed by atoms with Gasteiger partial charge in [-0.25, -0.2) is 0 Å². The maximum atomic E-state index is 11.7. The second-order valence-electron chi connectivity index (χ2n) is 4.41. The lowest BCUT2D eigenvalue weighted by Gasteiger charge is -2.24. The second-order valence-corrected chi connectivity index (χ2v) is 4.41. The summed E-state index contributed by atoms with van der Waals surface area (Å²) in [7, 11) is 3.06. The highest BCUT2D eigenvalue weighted by Gasteiger charge is 2.25. The van der Waals surface area contributed by atoms with Crippen LogP contribution in [-0.4, -0.2) is 63.9 Å². The summed E-state index contributed by atoms with van der Waals surface area (Å²) >= 11 is 0. The molecule has 108 valence electrons. The Morgan fingerprint density at radius 3 is 2.33 bits per heavy atom. The summed E-state index contributed by atoms with van der Waals surface area (Å²) in [4.78, 5) is 14.0. The fourth-order valence-corrected chi connectivity index (χ4v) is 1.92. The van der Waals surface area contributed by atoms with Gasteiger partial charge in [0, 0.05) is 26.1 Å². The van der Waals surface area contributed by atoms with Gasteiger partial charge >= 0.3 is 5.97 Å². The van der Waals surface area contributed by atoms with E-state index in [2.05, 4.69) is 24.1 Å². The van der Waals surface area contributed by atoms with Crippen molar-refractivity contribution in [3.05, 3.63) is 0 Å². The minimum atomic E-state index is -0.300. The van der Waals surface area contributed by atoms with Gasteiger partial charge in [-0.3, -0.25) is 4.79 Å². The molecule has 0 radical (unpaired) electrons. The van der Waals surface area contributed by atoms with Gasteiger partial charge in [0.15, 0.2) is 0 Å². The van der Waals surface area contributed by atoms with Gasteiger partial charge in [0.05, 0.1) is 13.7 Å². The number of likely N-dealkylation sites (N-methyl/N-ethyl adjacent to an activating group) is 1. The average Bonchev–Trinajstić information content (AvgIpc) is 2.38. The van der Waals surface area contributed by atoms with E-state index >= 15 is 0 Å². The first kappa shape index (κ1) is 17.4. The van der Waals surface area contributed by atoms with Crippen molar-refractivity contribution in [3.63, 3.8) is 0 Å². The molecule has 0 saturated carbocycles. The third-order valence-electron chi connectivity index (χ3n) is 3.14. The zero-order valence-corrected chi connectivity index (χ0v) is 12.4. The Morgan fingerprint density at radius 1 is 1.28 bits per heavy atom. The normalized spacial score (nSPS) is 14.6. The molecule has 5 heteroatoms. The number of nitrogens with zero attached hydrogens (tertiary/aromatic N) is 1. The number of rotatable bonds is 10. The van der Waals surface area contributed by atoms with Crippen LogP contribution < -0.4 is 5.32 Å². The molecule has 0 rings (SSSR count). The van der Waals surface area contributed by atoms with Gasteiger partial charge in [0.2, 0.25) is 0 Å². The maximum absolute atomic E-state index is 11.7. The standard InChI is InChI=1S/C13H28N2O3/c1-6-15(7-2)9-8-14-12(13(16)18-5)11(3)10-17-4/h11-12,14H,6-10H2,1-5H3. The van der Waals surface area contributed by atoms with Crippen molar-refractivity contribution in [1.29, 1.82) is 0 Å². The predicted molar refractivity (Wildman–Crippen MR) is 72.6 cm³/mol. The monoisotopic (exact) mass is 260 g/mol. The van der Waals surface area contributed by atoms with Crippen LogP contribution in [0.4, 0.5) is 0 Å². The zero-order chi connectivity index (χ0) is 14.0. The van der Waals surface area contributed by atoms with Crippen molar-refractivity contribution in [2.45, 2.75) is 26.8 Å². The average molecular weight is 260 g/mol. The lowest BCUT2D eigenvalue weighted by atomic mass is 10.0. The van der Waals surface area contributed by atoms with Crippen LogP contribution in [0.3, 0.4) is 0 Å². The first-order chi connectivity index (χ1) is 8.60. The topological polar surface area (TPSA) is 50.8 Å². The molecule has 0 aliphatic carbocycles. The van der Waals surface area contributed by atoms with Crippen molar-refractivity contribution < 1.29 is 14.3 Å². The highest BCUT2D eigenvalue weighted by atomic mass is 16.5. The van der Waals surface area contributed by atoms with Crippen molar-refractivity contribution >= 4 is 5.97 Å². The first-order valence-corrected chi connectivity index (χ1v) is 6.63. The molecule has 2 unspecified atom stereocenters. The van der Waals surface area contributed by atoms with E-state index in [0.29, 0.717) is 6.61 Å². The van der Waals surface area contributed by atoms with E-state index < -0.39 is 0 Å². The molecule has 0 spiro atoms. The van der Waals surface area contributed by atoms with Crippen LogP contribution in [0.15, 0.2) is 0 Å². The summed E-state index contributed by atoms with van der Waals surface area (Å²) in [6.07, 6.45) is 0. The molecule has 0 amide bonds. The molecule has 2 atom stereocenters. The quantitative estimate of drug-likeness (QED) is 0.587. The Bertz CT molecular complexity index is 220. The molecule has 0 heterocycles. The lowest BCUT2D eigenvalue weighted by Crippen LogP contribution is -2.46. The van der Waals surface area contributed by atoms with Gasteiger partial charge in [0.1, 0.15) is 6.04 Å². The van der Waals surface area contributed by atoms with Gasteiger partial charge in [-0.15, -0.1) is 0 Å².